The van der Waals surface area contributed by atoms with Gasteiger partial charge in [0.2, 0.25) is 0 Å². The van der Waals surface area contributed by atoms with Gasteiger partial charge in [0.25, 0.3) is 0 Å². The number of hydrogen-bond acceptors (Lipinski definition) is 5. The van der Waals surface area contributed by atoms with Crippen molar-refractivity contribution >= 4 is 23.6 Å². The van der Waals surface area contributed by atoms with Crippen molar-refractivity contribution in [3.8, 4) is 11.4 Å². The average molecular weight is 445 g/mol. The van der Waals surface area contributed by atoms with E-state index in [1.165, 1.54) is 16.8 Å². The van der Waals surface area contributed by atoms with Crippen LogP contribution >= 0.6 is 0 Å². The zero-order valence-electron chi connectivity index (χ0n) is 18.8. The van der Waals surface area contributed by atoms with Gasteiger partial charge in [-0.05, 0) is 42.2 Å². The molecule has 0 saturated carbocycles. The number of nitrogens with zero attached hydrogens (tertiary/aromatic N) is 5. The highest BCUT2D eigenvalue weighted by Crippen LogP contribution is 2.30. The third kappa shape index (κ3) is 4.32. The molecule has 0 radical (unpaired) electrons. The number of halogens is 1. The minimum atomic E-state index is -0.387. The van der Waals surface area contributed by atoms with Crippen LogP contribution in [0.3, 0.4) is 0 Å². The Labute approximate surface area is 190 Å². The molecule has 8 heteroatoms. The Hall–Kier alpha value is -4.07. The summed E-state index contributed by atoms with van der Waals surface area (Å²) < 4.78 is 16.3. The van der Waals surface area contributed by atoms with Gasteiger partial charge in [-0.2, -0.15) is 5.10 Å². The number of fused-ring (bicyclic) bond motifs is 1. The van der Waals surface area contributed by atoms with Gasteiger partial charge in [0.05, 0.1) is 24.0 Å². The molecule has 2 aromatic heterocycles. The second kappa shape index (κ2) is 9.20. The van der Waals surface area contributed by atoms with Gasteiger partial charge in [-0.15, -0.1) is 0 Å². The molecular weight excluding hydrogens is 419 g/mol. The van der Waals surface area contributed by atoms with Crippen LogP contribution in [0.2, 0.25) is 0 Å². The number of H-pyrrole nitrogens is 1. The molecule has 7 nitrogen and oxygen atoms in total. The normalized spacial score (nSPS) is 11.5. The molecule has 0 bridgehead atoms. The minimum absolute atomic E-state index is 0.0918. The van der Waals surface area contributed by atoms with Crippen molar-refractivity contribution in [1.82, 2.24) is 19.5 Å². The molecule has 0 aliphatic carbocycles. The van der Waals surface area contributed by atoms with Crippen LogP contribution in [-0.2, 0) is 6.54 Å². The van der Waals surface area contributed by atoms with Gasteiger partial charge in [0.15, 0.2) is 11.5 Å². The fourth-order valence-corrected chi connectivity index (χ4v) is 3.76. The fourth-order valence-electron chi connectivity index (χ4n) is 3.76. The number of hydrazone groups is 1. The van der Waals surface area contributed by atoms with E-state index in [0.717, 1.165) is 16.8 Å². The summed E-state index contributed by atoms with van der Waals surface area (Å²) in [4.78, 5) is 24.4. The highest BCUT2D eigenvalue weighted by atomic mass is 19.1. The van der Waals surface area contributed by atoms with Crippen LogP contribution < -0.4 is 10.7 Å². The van der Waals surface area contributed by atoms with E-state index in [9.17, 15) is 9.18 Å². The van der Waals surface area contributed by atoms with Crippen molar-refractivity contribution in [2.75, 3.05) is 5.01 Å². The van der Waals surface area contributed by atoms with Gasteiger partial charge in [-0.3, -0.25) is 4.57 Å². The molecule has 0 saturated heterocycles. The Morgan fingerprint density at radius 3 is 2.67 bits per heavy atom. The maximum atomic E-state index is 14.8. The number of allylic oxidation sites excluding steroid dienone is 1. The standard InChI is InChI=1S/C25H25FN6O/c1-5-13-32(27-4)18-11-9-17(10-12-18)15-31-24-21(29-25(31)33)14-28-23(30-24)22-19(16(2)3)7-6-8-20(22)26/h5-14,16H,4,15H2,1-3H3,(H,29,33)/b13-5-. The van der Waals surface area contributed by atoms with Crippen LogP contribution in [0.4, 0.5) is 10.1 Å². The number of aromatic nitrogens is 4. The second-order valence-electron chi connectivity index (χ2n) is 7.94. The van der Waals surface area contributed by atoms with Gasteiger partial charge >= 0.3 is 5.69 Å². The Bertz CT molecular complexity index is 1380. The van der Waals surface area contributed by atoms with E-state index >= 15 is 0 Å². The monoisotopic (exact) mass is 444 g/mol. The Kier molecular flexibility index (Phi) is 6.17. The first-order valence-electron chi connectivity index (χ1n) is 10.6. The van der Waals surface area contributed by atoms with Crippen molar-refractivity contribution in [2.24, 2.45) is 5.10 Å². The molecule has 0 atom stereocenters. The zero-order chi connectivity index (χ0) is 23.5. The quantitative estimate of drug-likeness (QED) is 0.319. The molecular formula is C25H25FN6O. The first-order chi connectivity index (χ1) is 15.9. The van der Waals surface area contributed by atoms with E-state index < -0.39 is 0 Å². The lowest BCUT2D eigenvalue weighted by Crippen LogP contribution is -2.18. The van der Waals surface area contributed by atoms with Crippen molar-refractivity contribution < 1.29 is 4.39 Å². The summed E-state index contributed by atoms with van der Waals surface area (Å²) in [5.41, 5.74) is 3.55. The topological polar surface area (TPSA) is 79.2 Å². The van der Waals surface area contributed by atoms with Crippen LogP contribution in [-0.4, -0.2) is 26.2 Å². The summed E-state index contributed by atoms with van der Waals surface area (Å²) in [7, 11) is 0. The molecule has 0 unspecified atom stereocenters. The molecule has 33 heavy (non-hydrogen) atoms. The average Bonchev–Trinajstić information content (AvgIpc) is 3.12. The maximum absolute atomic E-state index is 14.8. The predicted molar refractivity (Wildman–Crippen MR) is 130 cm³/mol. The van der Waals surface area contributed by atoms with Crippen molar-refractivity contribution in [1.29, 1.82) is 0 Å². The molecule has 0 spiro atoms. The van der Waals surface area contributed by atoms with Gasteiger partial charge in [-0.25, -0.2) is 24.2 Å². The lowest BCUT2D eigenvalue weighted by Gasteiger charge is -2.14. The number of nitrogens with one attached hydrogen (secondary N) is 1. The molecule has 168 valence electrons. The summed E-state index contributed by atoms with van der Waals surface area (Å²) >= 11 is 0. The Morgan fingerprint density at radius 2 is 2.00 bits per heavy atom. The fraction of sp³-hybridized carbons (Fsp3) is 0.200. The highest BCUT2D eigenvalue weighted by molar-refractivity contribution is 5.74. The zero-order valence-corrected chi connectivity index (χ0v) is 18.8. The lowest BCUT2D eigenvalue weighted by atomic mass is 9.96. The number of imidazole rings is 1. The summed E-state index contributed by atoms with van der Waals surface area (Å²) in [6, 6.07) is 12.6. The van der Waals surface area contributed by atoms with E-state index in [2.05, 4.69) is 26.8 Å². The van der Waals surface area contributed by atoms with Gasteiger partial charge < -0.3 is 4.98 Å². The number of rotatable bonds is 7. The van der Waals surface area contributed by atoms with Gasteiger partial charge in [-0.1, -0.05) is 44.2 Å². The van der Waals surface area contributed by atoms with Crippen molar-refractivity contribution in [2.45, 2.75) is 33.2 Å². The van der Waals surface area contributed by atoms with Crippen molar-refractivity contribution in [3.05, 3.63) is 88.4 Å². The first kappa shape index (κ1) is 22.1. The molecule has 0 aliphatic rings. The number of benzene rings is 2. The Morgan fingerprint density at radius 1 is 1.24 bits per heavy atom. The van der Waals surface area contributed by atoms with Gasteiger partial charge in [0.1, 0.15) is 11.3 Å². The molecule has 0 fully saturated rings. The van der Waals surface area contributed by atoms with E-state index in [0.29, 0.717) is 23.3 Å². The molecule has 4 aromatic rings. The van der Waals surface area contributed by atoms with Crippen molar-refractivity contribution in [3.63, 3.8) is 0 Å². The second-order valence-corrected chi connectivity index (χ2v) is 7.94. The largest absolute Gasteiger partial charge is 0.328 e. The molecule has 2 aromatic carbocycles. The molecule has 1 N–H and O–H groups in total. The minimum Gasteiger partial charge on any atom is -0.303 e. The first-order valence-corrected chi connectivity index (χ1v) is 10.6. The van der Waals surface area contributed by atoms with Crippen LogP contribution in [0, 0.1) is 5.82 Å². The third-order valence-electron chi connectivity index (χ3n) is 5.39. The van der Waals surface area contributed by atoms with E-state index in [4.69, 9.17) is 0 Å². The number of aromatic amines is 1. The summed E-state index contributed by atoms with van der Waals surface area (Å²) in [5, 5.41) is 5.62. The maximum Gasteiger partial charge on any atom is 0.328 e. The van der Waals surface area contributed by atoms with Crippen LogP contribution in [0.5, 0.6) is 0 Å². The molecule has 0 amide bonds. The number of hydrogen-bond donors (Lipinski definition) is 1. The summed E-state index contributed by atoms with van der Waals surface area (Å²) in [6.45, 7) is 9.76. The molecule has 2 heterocycles. The van der Waals surface area contributed by atoms with Crippen LogP contribution in [0.1, 0.15) is 37.8 Å². The lowest BCUT2D eigenvalue weighted by molar-refractivity contribution is 0.626. The predicted octanol–water partition coefficient (Wildman–Crippen LogP) is 5.05. The molecule has 0 aliphatic heterocycles. The summed E-state index contributed by atoms with van der Waals surface area (Å²) in [5.74, 6) is -0.0392. The highest BCUT2D eigenvalue weighted by Gasteiger charge is 2.18. The van der Waals surface area contributed by atoms with E-state index in [1.807, 2.05) is 57.2 Å². The van der Waals surface area contributed by atoms with Gasteiger partial charge in [0, 0.05) is 12.9 Å². The van der Waals surface area contributed by atoms with E-state index in [1.54, 1.807) is 17.3 Å². The van der Waals surface area contributed by atoms with Crippen LogP contribution in [0.25, 0.3) is 22.6 Å². The SMILES string of the molecule is C=NN(/C=C\C)c1ccc(Cn2c(=O)[nH]c3cnc(-c4c(F)cccc4C(C)C)nc32)cc1. The molecule has 4 rings (SSSR count). The summed E-state index contributed by atoms with van der Waals surface area (Å²) in [6.07, 6.45) is 5.20. The smallest absolute Gasteiger partial charge is 0.303 e. The van der Waals surface area contributed by atoms with E-state index in [-0.39, 0.29) is 23.2 Å². The Balaban J connectivity index is 1.74. The number of anilines is 1. The van der Waals surface area contributed by atoms with Crippen LogP contribution in [0.15, 0.2) is 70.8 Å². The third-order valence-corrected chi connectivity index (χ3v) is 5.39.